The van der Waals surface area contributed by atoms with Gasteiger partial charge in [-0.25, -0.2) is 10.0 Å². The molecule has 12 heavy (non-hydrogen) atoms. The Morgan fingerprint density at radius 3 is 2.00 bits per heavy atom. The largest absolute Gasteiger partial charge is 0.264 e. The second-order valence-electron chi connectivity index (χ2n) is 2.95. The molecule has 0 N–H and O–H groups in total. The molecule has 5 heteroatoms. The van der Waals surface area contributed by atoms with Crippen LogP contribution < -0.4 is 0 Å². The molecule has 0 bridgehead atoms. The Morgan fingerprint density at radius 2 is 1.75 bits per heavy atom. The van der Waals surface area contributed by atoms with Crippen LogP contribution in [0.4, 0.5) is 0 Å². The Labute approximate surface area is 72.1 Å². The number of hydrogen-bond donors (Lipinski definition) is 0. The first-order valence-corrected chi connectivity index (χ1v) is 4.32. The first kappa shape index (κ1) is 9.41. The number of nitro groups is 1. The first-order valence-electron chi connectivity index (χ1n) is 4.32. The minimum atomic E-state index is -0.398. The van der Waals surface area contributed by atoms with Gasteiger partial charge in [0.05, 0.1) is 13.1 Å². The van der Waals surface area contributed by atoms with E-state index in [1.807, 2.05) is 23.9 Å². The van der Waals surface area contributed by atoms with Gasteiger partial charge in [0.25, 0.3) is 0 Å². The third-order valence-corrected chi connectivity index (χ3v) is 2.27. The van der Waals surface area contributed by atoms with E-state index >= 15 is 0 Å². The molecule has 0 aromatic carbocycles. The highest BCUT2D eigenvalue weighted by Crippen LogP contribution is 2.11. The molecule has 1 rings (SSSR count). The van der Waals surface area contributed by atoms with E-state index in [-0.39, 0.29) is 4.92 Å². The lowest BCUT2D eigenvalue weighted by molar-refractivity contribution is -0.515. The van der Waals surface area contributed by atoms with Crippen molar-refractivity contribution < 1.29 is 4.92 Å². The molecule has 0 aromatic heterocycles. The van der Waals surface area contributed by atoms with E-state index in [1.54, 1.807) is 0 Å². The van der Waals surface area contributed by atoms with Crippen molar-refractivity contribution in [2.24, 2.45) is 0 Å². The minimum Gasteiger partial charge on any atom is -0.264 e. The predicted octanol–water partition coefficient (Wildman–Crippen LogP) is 0.204. The third kappa shape index (κ3) is 1.73. The highest BCUT2D eigenvalue weighted by atomic mass is 16.6. The van der Waals surface area contributed by atoms with E-state index in [0.29, 0.717) is 13.1 Å². The average molecular weight is 173 g/mol. The summed E-state index contributed by atoms with van der Waals surface area (Å²) in [5, 5.41) is 14.5. The number of nitrogens with zero attached hydrogens (tertiary/aromatic N) is 3. The Kier molecular flexibility index (Phi) is 2.99. The lowest BCUT2D eigenvalue weighted by atomic mass is 10.3. The van der Waals surface area contributed by atoms with Crippen LogP contribution in [0.3, 0.4) is 0 Å². The van der Waals surface area contributed by atoms with Crippen LogP contribution in [0.1, 0.15) is 13.8 Å². The van der Waals surface area contributed by atoms with Crippen molar-refractivity contribution in [1.29, 1.82) is 0 Å². The number of hydrazine groups is 1. The lowest BCUT2D eigenvalue weighted by Gasteiger charge is -2.23. The fourth-order valence-corrected chi connectivity index (χ4v) is 1.57. The molecular formula is C7H15N3O2. The summed E-state index contributed by atoms with van der Waals surface area (Å²) in [4.78, 5) is 10.3. The van der Waals surface area contributed by atoms with E-state index in [4.69, 9.17) is 0 Å². The highest BCUT2D eigenvalue weighted by Gasteiger charge is 2.35. The summed E-state index contributed by atoms with van der Waals surface area (Å²) >= 11 is 0. The number of likely N-dealkylation sites (N-methyl/N-ethyl adjacent to an activating group) is 2. The van der Waals surface area contributed by atoms with Crippen LogP contribution in [0.25, 0.3) is 0 Å². The van der Waals surface area contributed by atoms with E-state index in [2.05, 4.69) is 0 Å². The summed E-state index contributed by atoms with van der Waals surface area (Å²) in [5.74, 6) is 0. The van der Waals surface area contributed by atoms with Crippen LogP contribution in [0, 0.1) is 10.1 Å². The van der Waals surface area contributed by atoms with Gasteiger partial charge in [-0.2, -0.15) is 0 Å². The number of rotatable bonds is 3. The monoisotopic (exact) mass is 173 g/mol. The molecule has 0 aliphatic carbocycles. The molecule has 0 aromatic rings. The second-order valence-corrected chi connectivity index (χ2v) is 2.95. The van der Waals surface area contributed by atoms with Crippen molar-refractivity contribution in [3.05, 3.63) is 10.1 Å². The minimum absolute atomic E-state index is 0.182. The molecule has 1 aliphatic heterocycles. The normalized spacial score (nSPS) is 21.8. The molecular weight excluding hydrogens is 158 g/mol. The van der Waals surface area contributed by atoms with Crippen molar-refractivity contribution in [1.82, 2.24) is 10.0 Å². The molecule has 5 nitrogen and oxygen atoms in total. The molecule has 1 saturated heterocycles. The molecule has 0 atom stereocenters. The van der Waals surface area contributed by atoms with Gasteiger partial charge in [0.2, 0.25) is 6.04 Å². The zero-order valence-electron chi connectivity index (χ0n) is 7.56. The van der Waals surface area contributed by atoms with Crippen molar-refractivity contribution in [2.75, 3.05) is 26.2 Å². The Bertz CT molecular complexity index is 162. The van der Waals surface area contributed by atoms with Crippen LogP contribution in [0.15, 0.2) is 0 Å². The molecule has 70 valence electrons. The molecule has 0 saturated carbocycles. The van der Waals surface area contributed by atoms with Gasteiger partial charge in [0.1, 0.15) is 0 Å². The van der Waals surface area contributed by atoms with Crippen LogP contribution in [-0.4, -0.2) is 47.2 Å². The Morgan fingerprint density at radius 1 is 1.33 bits per heavy atom. The van der Waals surface area contributed by atoms with Crippen molar-refractivity contribution in [3.63, 3.8) is 0 Å². The number of hydrogen-bond acceptors (Lipinski definition) is 4. The van der Waals surface area contributed by atoms with Gasteiger partial charge in [-0.3, -0.25) is 10.1 Å². The summed E-state index contributed by atoms with van der Waals surface area (Å²) in [5.41, 5.74) is 0. The van der Waals surface area contributed by atoms with Crippen molar-refractivity contribution >= 4 is 0 Å². The van der Waals surface area contributed by atoms with Crippen LogP contribution in [0.5, 0.6) is 0 Å². The lowest BCUT2D eigenvalue weighted by Crippen LogP contribution is -2.35. The van der Waals surface area contributed by atoms with E-state index in [1.165, 1.54) is 0 Å². The third-order valence-electron chi connectivity index (χ3n) is 2.27. The SMILES string of the molecule is CCN1CC([N+](=O)[O-])CN1CC. The molecule has 1 aliphatic rings. The fraction of sp³-hybridized carbons (Fsp3) is 1.00. The van der Waals surface area contributed by atoms with Gasteiger partial charge in [-0.15, -0.1) is 0 Å². The summed E-state index contributed by atoms with van der Waals surface area (Å²) in [6.07, 6.45) is 0. The highest BCUT2D eigenvalue weighted by molar-refractivity contribution is 4.74. The summed E-state index contributed by atoms with van der Waals surface area (Å²) in [7, 11) is 0. The molecule has 0 amide bonds. The van der Waals surface area contributed by atoms with Crippen molar-refractivity contribution in [2.45, 2.75) is 19.9 Å². The first-order chi connectivity index (χ1) is 5.69. The van der Waals surface area contributed by atoms with Crippen LogP contribution >= 0.6 is 0 Å². The van der Waals surface area contributed by atoms with E-state index in [9.17, 15) is 10.1 Å². The molecule has 0 unspecified atom stereocenters. The maximum absolute atomic E-state index is 10.5. The zero-order chi connectivity index (χ0) is 9.14. The van der Waals surface area contributed by atoms with Gasteiger partial charge in [0, 0.05) is 18.0 Å². The quantitative estimate of drug-likeness (QED) is 0.452. The van der Waals surface area contributed by atoms with Gasteiger partial charge in [-0.05, 0) is 0 Å². The maximum Gasteiger partial charge on any atom is 0.240 e. The summed E-state index contributed by atoms with van der Waals surface area (Å²) < 4.78 is 0. The topological polar surface area (TPSA) is 49.6 Å². The Balaban J connectivity index is 2.53. The zero-order valence-corrected chi connectivity index (χ0v) is 7.56. The fourth-order valence-electron chi connectivity index (χ4n) is 1.57. The smallest absolute Gasteiger partial charge is 0.240 e. The van der Waals surface area contributed by atoms with Gasteiger partial charge >= 0.3 is 0 Å². The second kappa shape index (κ2) is 3.82. The van der Waals surface area contributed by atoms with E-state index in [0.717, 1.165) is 13.1 Å². The van der Waals surface area contributed by atoms with Gasteiger partial charge in [-0.1, -0.05) is 13.8 Å². The van der Waals surface area contributed by atoms with Crippen LogP contribution in [-0.2, 0) is 0 Å². The van der Waals surface area contributed by atoms with E-state index < -0.39 is 6.04 Å². The molecule has 0 radical (unpaired) electrons. The standard InChI is InChI=1S/C7H15N3O2/c1-3-8-5-7(10(11)12)6-9(8)4-2/h7H,3-6H2,1-2H3. The Hall–Kier alpha value is -0.680. The average Bonchev–Trinajstić information content (AvgIpc) is 2.46. The molecule has 0 spiro atoms. The molecule has 1 heterocycles. The van der Waals surface area contributed by atoms with Crippen LogP contribution in [0.2, 0.25) is 0 Å². The van der Waals surface area contributed by atoms with Gasteiger partial charge < -0.3 is 0 Å². The summed E-state index contributed by atoms with van der Waals surface area (Å²) in [6.45, 7) is 6.89. The maximum atomic E-state index is 10.5. The summed E-state index contributed by atoms with van der Waals surface area (Å²) in [6, 6.07) is -0.398. The molecule has 1 fully saturated rings. The van der Waals surface area contributed by atoms with Crippen molar-refractivity contribution in [3.8, 4) is 0 Å². The predicted molar refractivity (Wildman–Crippen MR) is 45.3 cm³/mol. The van der Waals surface area contributed by atoms with Gasteiger partial charge in [0.15, 0.2) is 0 Å².